The Morgan fingerprint density at radius 3 is 2.48 bits per heavy atom. The van der Waals surface area contributed by atoms with Crippen molar-refractivity contribution in [1.82, 2.24) is 10.5 Å². The summed E-state index contributed by atoms with van der Waals surface area (Å²) in [6.45, 7) is 3.72. The van der Waals surface area contributed by atoms with Crippen LogP contribution in [-0.4, -0.2) is 19.5 Å². The van der Waals surface area contributed by atoms with E-state index in [9.17, 15) is 17.6 Å². The van der Waals surface area contributed by atoms with Crippen LogP contribution in [0.15, 0.2) is 51.9 Å². The number of aromatic nitrogens is 1. The monoisotopic (exact) mass is 437 g/mol. The number of benzene rings is 2. The molecular formula is C19H17ClFN3O4S. The Hall–Kier alpha value is -2.91. The number of carbonyl (C=O) groups excluding carboxylic acids is 1. The van der Waals surface area contributed by atoms with Gasteiger partial charge < -0.3 is 9.84 Å². The maximum atomic E-state index is 13.0. The van der Waals surface area contributed by atoms with Crippen molar-refractivity contribution in [3.63, 3.8) is 0 Å². The second kappa shape index (κ2) is 8.22. The molecule has 0 saturated heterocycles. The second-order valence-corrected chi connectivity index (χ2v) is 8.33. The number of nitrogens with zero attached hydrogens (tertiary/aromatic N) is 1. The molecule has 0 radical (unpaired) electrons. The van der Waals surface area contributed by atoms with Crippen molar-refractivity contribution in [2.24, 2.45) is 0 Å². The number of amides is 1. The predicted octanol–water partition coefficient (Wildman–Crippen LogP) is 3.81. The number of sulfonamides is 1. The van der Waals surface area contributed by atoms with Gasteiger partial charge in [-0.05, 0) is 56.3 Å². The van der Waals surface area contributed by atoms with Crippen LogP contribution in [0.3, 0.4) is 0 Å². The molecular weight excluding hydrogens is 421 g/mol. The van der Waals surface area contributed by atoms with E-state index in [2.05, 4.69) is 15.2 Å². The number of hydrogen-bond donors (Lipinski definition) is 2. The molecule has 7 nitrogen and oxygen atoms in total. The van der Waals surface area contributed by atoms with E-state index in [1.54, 1.807) is 13.8 Å². The summed E-state index contributed by atoms with van der Waals surface area (Å²) in [6.07, 6.45) is 0. The molecule has 3 rings (SSSR count). The Bertz CT molecular complexity index is 1140. The molecule has 0 atom stereocenters. The number of anilines is 1. The first-order valence-corrected chi connectivity index (χ1v) is 10.3. The summed E-state index contributed by atoms with van der Waals surface area (Å²) in [7, 11) is -4.01. The van der Waals surface area contributed by atoms with Gasteiger partial charge in [0.2, 0.25) is 0 Å². The fourth-order valence-electron chi connectivity index (χ4n) is 2.59. The van der Waals surface area contributed by atoms with E-state index in [0.29, 0.717) is 11.5 Å². The van der Waals surface area contributed by atoms with E-state index in [4.69, 9.17) is 16.1 Å². The number of nitrogens with one attached hydrogen (secondary N) is 2. The lowest BCUT2D eigenvalue weighted by Gasteiger charge is -2.12. The highest BCUT2D eigenvalue weighted by Crippen LogP contribution is 2.26. The minimum atomic E-state index is -4.01. The van der Waals surface area contributed by atoms with Crippen molar-refractivity contribution in [3.8, 4) is 0 Å². The first-order chi connectivity index (χ1) is 13.7. The molecule has 2 aromatic carbocycles. The Balaban J connectivity index is 1.78. The first kappa shape index (κ1) is 20.8. The highest BCUT2D eigenvalue weighted by atomic mass is 35.5. The average molecular weight is 438 g/mol. The highest BCUT2D eigenvalue weighted by molar-refractivity contribution is 7.92. The number of carbonyl (C=O) groups is 1. The Morgan fingerprint density at radius 1 is 1.17 bits per heavy atom. The summed E-state index contributed by atoms with van der Waals surface area (Å²) >= 11 is 6.08. The fourth-order valence-corrected chi connectivity index (χ4v) is 3.88. The molecule has 10 heteroatoms. The standard InChI is InChI=1S/C19H17ClFN3O4S/c1-11-16(12(2)28-23-11)10-22-19(25)13-3-8-17(20)18(9-13)24-29(26,27)15-6-4-14(21)5-7-15/h3-9,24H,10H2,1-2H3,(H,22,25). The van der Waals surface area contributed by atoms with Crippen LogP contribution in [0.25, 0.3) is 0 Å². The SMILES string of the molecule is Cc1noc(C)c1CNC(=O)c1ccc(Cl)c(NS(=O)(=O)c2ccc(F)cc2)c1. The third kappa shape index (κ3) is 4.75. The first-order valence-electron chi connectivity index (χ1n) is 8.45. The van der Waals surface area contributed by atoms with Crippen LogP contribution in [0.1, 0.15) is 27.4 Å². The number of aryl methyl sites for hydroxylation is 2. The normalized spacial score (nSPS) is 11.3. The van der Waals surface area contributed by atoms with Crippen LogP contribution in [0.5, 0.6) is 0 Å². The molecule has 3 aromatic rings. The van der Waals surface area contributed by atoms with Crippen molar-refractivity contribution in [1.29, 1.82) is 0 Å². The van der Waals surface area contributed by atoms with E-state index in [1.807, 2.05) is 0 Å². The van der Waals surface area contributed by atoms with E-state index >= 15 is 0 Å². The zero-order valence-corrected chi connectivity index (χ0v) is 17.1. The van der Waals surface area contributed by atoms with Crippen LogP contribution in [0, 0.1) is 19.7 Å². The third-order valence-corrected chi connectivity index (χ3v) is 5.91. The molecule has 29 heavy (non-hydrogen) atoms. The van der Waals surface area contributed by atoms with Crippen LogP contribution in [0.4, 0.5) is 10.1 Å². The van der Waals surface area contributed by atoms with Gasteiger partial charge in [0, 0.05) is 17.7 Å². The summed E-state index contributed by atoms with van der Waals surface area (Å²) in [6, 6.07) is 8.54. The highest BCUT2D eigenvalue weighted by Gasteiger charge is 2.18. The summed E-state index contributed by atoms with van der Waals surface area (Å²) in [4.78, 5) is 12.3. The molecule has 0 bridgehead atoms. The molecule has 2 N–H and O–H groups in total. The molecule has 0 spiro atoms. The van der Waals surface area contributed by atoms with Crippen molar-refractivity contribution < 1.29 is 22.1 Å². The zero-order valence-electron chi connectivity index (χ0n) is 15.5. The molecule has 0 fully saturated rings. The van der Waals surface area contributed by atoms with Crippen molar-refractivity contribution >= 4 is 33.2 Å². The molecule has 1 heterocycles. The quantitative estimate of drug-likeness (QED) is 0.610. The van der Waals surface area contributed by atoms with Gasteiger partial charge in [-0.3, -0.25) is 9.52 Å². The topological polar surface area (TPSA) is 101 Å². The molecule has 152 valence electrons. The second-order valence-electron chi connectivity index (χ2n) is 6.24. The van der Waals surface area contributed by atoms with Gasteiger partial charge in [-0.15, -0.1) is 0 Å². The van der Waals surface area contributed by atoms with Crippen LogP contribution in [-0.2, 0) is 16.6 Å². The van der Waals surface area contributed by atoms with Crippen molar-refractivity contribution in [3.05, 3.63) is 75.9 Å². The summed E-state index contributed by atoms with van der Waals surface area (Å²) in [5.74, 6) is -0.380. The van der Waals surface area contributed by atoms with E-state index < -0.39 is 21.7 Å². The summed E-state index contributed by atoms with van der Waals surface area (Å²) in [5.41, 5.74) is 1.68. The van der Waals surface area contributed by atoms with Gasteiger partial charge in [0.1, 0.15) is 11.6 Å². The molecule has 0 saturated carbocycles. The van der Waals surface area contributed by atoms with E-state index in [-0.39, 0.29) is 27.7 Å². The predicted molar refractivity (Wildman–Crippen MR) is 106 cm³/mol. The average Bonchev–Trinajstić information content (AvgIpc) is 2.99. The summed E-state index contributed by atoms with van der Waals surface area (Å²) in [5, 5.41) is 6.66. The van der Waals surface area contributed by atoms with Crippen LogP contribution in [0.2, 0.25) is 5.02 Å². The minimum absolute atomic E-state index is 0.0287. The van der Waals surface area contributed by atoms with Crippen LogP contribution < -0.4 is 10.0 Å². The lowest BCUT2D eigenvalue weighted by molar-refractivity contribution is 0.0951. The largest absolute Gasteiger partial charge is 0.361 e. The van der Waals surface area contributed by atoms with E-state index in [0.717, 1.165) is 29.8 Å². The molecule has 1 amide bonds. The van der Waals surface area contributed by atoms with Gasteiger partial charge in [0.15, 0.2) is 0 Å². The van der Waals surface area contributed by atoms with Crippen molar-refractivity contribution in [2.75, 3.05) is 4.72 Å². The third-order valence-electron chi connectivity index (χ3n) is 4.20. The fraction of sp³-hybridized carbons (Fsp3) is 0.158. The maximum absolute atomic E-state index is 13.0. The Morgan fingerprint density at radius 2 is 1.86 bits per heavy atom. The van der Waals surface area contributed by atoms with Crippen molar-refractivity contribution in [2.45, 2.75) is 25.3 Å². The smallest absolute Gasteiger partial charge is 0.261 e. The number of halogens is 2. The zero-order chi connectivity index (χ0) is 21.2. The van der Waals surface area contributed by atoms with Gasteiger partial charge in [-0.2, -0.15) is 0 Å². The van der Waals surface area contributed by atoms with Gasteiger partial charge in [0.25, 0.3) is 15.9 Å². The lowest BCUT2D eigenvalue weighted by Crippen LogP contribution is -2.23. The van der Waals surface area contributed by atoms with Crippen LogP contribution >= 0.6 is 11.6 Å². The van der Waals surface area contributed by atoms with Gasteiger partial charge >= 0.3 is 0 Å². The molecule has 0 aliphatic heterocycles. The molecule has 1 aromatic heterocycles. The van der Waals surface area contributed by atoms with Gasteiger partial charge in [0.05, 0.1) is 21.3 Å². The Labute approximate surface area is 171 Å². The summed E-state index contributed by atoms with van der Waals surface area (Å²) < 4.78 is 45.4. The van der Waals surface area contributed by atoms with Gasteiger partial charge in [-0.25, -0.2) is 12.8 Å². The molecule has 0 aliphatic rings. The Kier molecular flexibility index (Phi) is 5.90. The van der Waals surface area contributed by atoms with Gasteiger partial charge in [-0.1, -0.05) is 16.8 Å². The van der Waals surface area contributed by atoms with E-state index in [1.165, 1.54) is 18.2 Å². The number of hydrogen-bond acceptors (Lipinski definition) is 5. The maximum Gasteiger partial charge on any atom is 0.261 e. The minimum Gasteiger partial charge on any atom is -0.361 e. The number of rotatable bonds is 6. The molecule has 0 aliphatic carbocycles. The molecule has 0 unspecified atom stereocenters. The lowest BCUT2D eigenvalue weighted by atomic mass is 10.1.